The van der Waals surface area contributed by atoms with Gasteiger partial charge in [-0.3, -0.25) is 0 Å². The quantitative estimate of drug-likeness (QED) is 0.148. The zero-order valence-corrected chi connectivity index (χ0v) is 51.7. The lowest BCUT2D eigenvalue weighted by molar-refractivity contribution is 0.332. The molecule has 4 nitrogen and oxygen atoms in total. The summed E-state index contributed by atoms with van der Waals surface area (Å²) in [6, 6.07) is 101. The summed E-state index contributed by atoms with van der Waals surface area (Å²) in [6.45, 7) is 16.5. The lowest BCUT2D eigenvalue weighted by Gasteiger charge is -2.44. The molecule has 1 aliphatic carbocycles. The van der Waals surface area contributed by atoms with Crippen molar-refractivity contribution in [2.75, 3.05) is 9.80 Å². The van der Waals surface area contributed by atoms with Gasteiger partial charge in [-0.15, -0.1) is 0 Å². The van der Waals surface area contributed by atoms with Crippen molar-refractivity contribution < 1.29 is 0 Å². The Balaban J connectivity index is 0.944. The molecule has 3 aliphatic rings. The third-order valence-electron chi connectivity index (χ3n) is 20.3. The van der Waals surface area contributed by atoms with Gasteiger partial charge in [0.05, 0.1) is 22.1 Å². The van der Waals surface area contributed by atoms with E-state index in [4.69, 9.17) is 0 Å². The van der Waals surface area contributed by atoms with Crippen molar-refractivity contribution in [1.29, 1.82) is 0 Å². The first-order chi connectivity index (χ1) is 43.3. The Morgan fingerprint density at radius 1 is 0.315 bits per heavy atom. The number of anilines is 6. The highest BCUT2D eigenvalue weighted by molar-refractivity contribution is 7.00. The summed E-state index contributed by atoms with van der Waals surface area (Å²) in [4.78, 5) is 5.19. The van der Waals surface area contributed by atoms with Crippen LogP contribution in [0.4, 0.5) is 34.1 Å². The zero-order chi connectivity index (χ0) is 60.1. The van der Waals surface area contributed by atoms with Crippen molar-refractivity contribution in [3.63, 3.8) is 0 Å². The van der Waals surface area contributed by atoms with Gasteiger partial charge in [-0.05, 0) is 180 Å². The van der Waals surface area contributed by atoms with E-state index in [2.05, 4.69) is 334 Å². The molecule has 0 amide bonds. The second-order valence-corrected chi connectivity index (χ2v) is 27.6. The number of rotatable bonds is 7. The molecular formula is C84H69BN4. The van der Waals surface area contributed by atoms with Crippen molar-refractivity contribution in [2.45, 2.75) is 77.6 Å². The molecule has 89 heavy (non-hydrogen) atoms. The van der Waals surface area contributed by atoms with Gasteiger partial charge in [0, 0.05) is 67.0 Å². The van der Waals surface area contributed by atoms with Crippen LogP contribution in [-0.2, 0) is 16.2 Å². The van der Waals surface area contributed by atoms with Crippen molar-refractivity contribution in [3.05, 3.63) is 284 Å². The van der Waals surface area contributed by atoms with E-state index >= 15 is 0 Å². The Kier molecular flexibility index (Phi) is 11.8. The monoisotopic (exact) mass is 1140 g/mol. The van der Waals surface area contributed by atoms with E-state index in [0.29, 0.717) is 0 Å². The molecular weight excluding hydrogens is 1080 g/mol. The minimum absolute atomic E-state index is 0.000734. The van der Waals surface area contributed by atoms with Gasteiger partial charge >= 0.3 is 0 Å². The maximum absolute atomic E-state index is 2.60. The first kappa shape index (κ1) is 53.2. The predicted molar refractivity (Wildman–Crippen MR) is 379 cm³/mol. The molecule has 5 heteroatoms. The summed E-state index contributed by atoms with van der Waals surface area (Å²) in [7, 11) is 0. The summed E-state index contributed by atoms with van der Waals surface area (Å²) in [5.74, 6) is 0. The fourth-order valence-electron chi connectivity index (χ4n) is 15.5. The molecule has 2 aromatic heterocycles. The van der Waals surface area contributed by atoms with Crippen LogP contribution in [0.5, 0.6) is 0 Å². The molecule has 0 saturated carbocycles. The van der Waals surface area contributed by atoms with E-state index in [-0.39, 0.29) is 23.0 Å². The van der Waals surface area contributed by atoms with Crippen LogP contribution >= 0.6 is 0 Å². The fourth-order valence-corrected chi connectivity index (χ4v) is 15.5. The molecule has 0 N–H and O–H groups in total. The normalized spacial score (nSPS) is 14.7. The Bertz CT molecular complexity index is 5070. The topological polar surface area (TPSA) is 16.3 Å². The van der Waals surface area contributed by atoms with Gasteiger partial charge in [-0.1, -0.05) is 230 Å². The summed E-state index contributed by atoms with van der Waals surface area (Å²) >= 11 is 0. The van der Waals surface area contributed by atoms with Gasteiger partial charge in [0.15, 0.2) is 0 Å². The molecule has 4 heterocycles. The molecule has 0 saturated heterocycles. The number of benzene rings is 12. The lowest BCUT2D eigenvalue weighted by Crippen LogP contribution is -2.61. The fraction of sp³-hybridized carbons (Fsp3) is 0.143. The first-order valence-corrected chi connectivity index (χ1v) is 31.8. The van der Waals surface area contributed by atoms with E-state index in [0.717, 1.165) is 39.7 Å². The zero-order valence-electron chi connectivity index (χ0n) is 51.7. The maximum Gasteiger partial charge on any atom is 0.252 e. The third-order valence-corrected chi connectivity index (χ3v) is 20.3. The SMILES string of the molecule is CC(C)(C)c1ccc(-c2cc3c4c(c2)N(c2ccc(-c5ccc6c(c5)C(C)(C)CCC6(C)C)cc2)c2cc(-n5c6ccccc6c6ccccc65)ccc2B4c2ccc(-n4c5ccccc5c5ccccc54)cc2N3c2ccc(-c3ccccc3)cc2)cc1. The van der Waals surface area contributed by atoms with Crippen molar-refractivity contribution in [1.82, 2.24) is 9.13 Å². The highest BCUT2D eigenvalue weighted by Crippen LogP contribution is 2.50. The van der Waals surface area contributed by atoms with Crippen molar-refractivity contribution in [3.8, 4) is 44.8 Å². The number of aromatic nitrogens is 2. The van der Waals surface area contributed by atoms with Gasteiger partial charge in [-0.2, -0.15) is 0 Å². The third kappa shape index (κ3) is 8.35. The van der Waals surface area contributed by atoms with E-state index in [1.807, 2.05) is 0 Å². The maximum atomic E-state index is 2.60. The predicted octanol–water partition coefficient (Wildman–Crippen LogP) is 20.6. The van der Waals surface area contributed by atoms with Crippen LogP contribution in [0.2, 0.25) is 0 Å². The van der Waals surface area contributed by atoms with Gasteiger partial charge in [0.1, 0.15) is 0 Å². The van der Waals surface area contributed by atoms with Crippen molar-refractivity contribution >= 4 is 101 Å². The molecule has 0 bridgehead atoms. The standard InChI is InChI=1S/C84H69BN4/c1-82(2,3)60-36-29-57(30-37-60)59-50-79-81-80(51-59)87(62-40-33-56(34-41-62)58-35-44-69-70(49-58)84(6,7)48-47-83(69,4)5)78-53-64(89-75-27-17-13-23-67(75)68-24-14-18-28-76(68)89)43-46-72(78)85(81)71-45-42-63(88-73-25-15-11-21-65(73)66-22-12-16-26-74(66)88)52-77(71)86(79)61-38-31-55(32-39-61)54-19-9-8-10-20-54/h8-46,49-53H,47-48H2,1-7H3. The highest BCUT2D eigenvalue weighted by Gasteiger charge is 2.45. The largest absolute Gasteiger partial charge is 0.311 e. The molecule has 428 valence electrons. The molecule has 17 rings (SSSR count). The Morgan fingerprint density at radius 3 is 1.15 bits per heavy atom. The molecule has 0 radical (unpaired) electrons. The Labute approximate surface area is 522 Å². The van der Waals surface area contributed by atoms with Crippen LogP contribution in [-0.4, -0.2) is 15.8 Å². The average molecular weight is 1150 g/mol. The summed E-state index contributed by atoms with van der Waals surface area (Å²) in [6.07, 6.45) is 2.37. The van der Waals surface area contributed by atoms with Gasteiger partial charge in [-0.25, -0.2) is 0 Å². The summed E-state index contributed by atoms with van der Waals surface area (Å²) in [5.41, 5.74) is 29.4. The average Bonchev–Trinajstić information content (AvgIpc) is 1.27. The van der Waals surface area contributed by atoms with Gasteiger partial charge < -0.3 is 18.9 Å². The minimum Gasteiger partial charge on any atom is -0.311 e. The lowest BCUT2D eigenvalue weighted by atomic mass is 9.33. The Morgan fingerprint density at radius 2 is 0.685 bits per heavy atom. The van der Waals surface area contributed by atoms with Crippen LogP contribution in [0.25, 0.3) is 88.4 Å². The highest BCUT2D eigenvalue weighted by atomic mass is 15.2. The molecule has 12 aromatic carbocycles. The van der Waals surface area contributed by atoms with Gasteiger partial charge in [0.25, 0.3) is 6.71 Å². The second kappa shape index (κ2) is 19.7. The number of hydrogen-bond donors (Lipinski definition) is 0. The van der Waals surface area contributed by atoms with Crippen LogP contribution < -0.4 is 26.2 Å². The summed E-state index contributed by atoms with van der Waals surface area (Å²) in [5, 5.41) is 4.99. The molecule has 0 unspecified atom stereocenters. The first-order valence-electron chi connectivity index (χ1n) is 31.8. The molecule has 0 fully saturated rings. The smallest absolute Gasteiger partial charge is 0.252 e. The molecule has 14 aromatic rings. The van der Waals surface area contributed by atoms with E-state index in [1.165, 1.54) is 129 Å². The Hall–Kier alpha value is -10.1. The van der Waals surface area contributed by atoms with E-state index < -0.39 is 0 Å². The van der Waals surface area contributed by atoms with Gasteiger partial charge in [0.2, 0.25) is 0 Å². The van der Waals surface area contributed by atoms with Crippen LogP contribution in [0.1, 0.15) is 78.0 Å². The molecule has 2 aliphatic heterocycles. The van der Waals surface area contributed by atoms with Crippen LogP contribution in [0.15, 0.2) is 267 Å². The number of para-hydroxylation sites is 4. The van der Waals surface area contributed by atoms with Crippen LogP contribution in [0.3, 0.4) is 0 Å². The number of hydrogen-bond acceptors (Lipinski definition) is 2. The van der Waals surface area contributed by atoms with Crippen LogP contribution in [0, 0.1) is 0 Å². The minimum atomic E-state index is -0.125. The van der Waals surface area contributed by atoms with Crippen molar-refractivity contribution in [2.24, 2.45) is 0 Å². The molecule has 0 spiro atoms. The molecule has 0 atom stereocenters. The second-order valence-electron chi connectivity index (χ2n) is 27.6. The summed E-state index contributed by atoms with van der Waals surface area (Å²) < 4.78 is 4.95. The van der Waals surface area contributed by atoms with E-state index in [9.17, 15) is 0 Å². The number of fused-ring (bicyclic) bond motifs is 11. The van der Waals surface area contributed by atoms with E-state index in [1.54, 1.807) is 0 Å². The number of nitrogens with zero attached hydrogens (tertiary/aromatic N) is 4.